The predicted molar refractivity (Wildman–Crippen MR) is 132 cm³/mol. The zero-order valence-corrected chi connectivity index (χ0v) is 21.8. The van der Waals surface area contributed by atoms with Crippen LogP contribution in [0.4, 0.5) is 0 Å². The largest absolute Gasteiger partial charge is 0.395 e. The molecule has 7 N–H and O–H groups in total. The van der Waals surface area contributed by atoms with E-state index >= 15 is 0 Å². The van der Waals surface area contributed by atoms with E-state index in [1.807, 2.05) is 6.08 Å². The average Bonchev–Trinajstić information content (AvgIpc) is 2.69. The number of aliphatic hydroxyl groups is 3. The Morgan fingerprint density at radius 3 is 1.66 bits per heavy atom. The number of quaternary nitrogens is 1. The van der Waals surface area contributed by atoms with Crippen LogP contribution in [-0.4, -0.2) is 81.9 Å². The van der Waals surface area contributed by atoms with Crippen LogP contribution >= 0.6 is 7.60 Å². The predicted octanol–water partition coefficient (Wildman–Crippen LogP) is 3.11. The number of likely N-dealkylation sites (N-methyl/N-ethyl adjacent to an activating group) is 1. The average molecular weight is 484 g/mol. The van der Waals surface area contributed by atoms with Crippen molar-refractivity contribution in [3.8, 4) is 0 Å². The van der Waals surface area contributed by atoms with Gasteiger partial charge < -0.3 is 35.3 Å². The van der Waals surface area contributed by atoms with Gasteiger partial charge in [0.1, 0.15) is 6.54 Å². The van der Waals surface area contributed by atoms with Crippen LogP contribution in [0.25, 0.3) is 0 Å². The van der Waals surface area contributed by atoms with Gasteiger partial charge in [-0.2, -0.15) is 0 Å². The highest BCUT2D eigenvalue weighted by atomic mass is 31.2. The Kier molecular flexibility index (Phi) is 21.3. The molecule has 0 fully saturated rings. The number of hydrogen-bond acceptors (Lipinski definition) is 5. The number of allylic oxidation sites excluding steroid dienone is 1. The summed E-state index contributed by atoms with van der Waals surface area (Å²) in [4.78, 5) is 17.0. The second kappa shape index (κ2) is 20.1. The van der Waals surface area contributed by atoms with Gasteiger partial charge in [0.25, 0.3) is 0 Å². The lowest BCUT2D eigenvalue weighted by molar-refractivity contribution is -0.872. The zero-order valence-electron chi connectivity index (χ0n) is 20.9. The number of aliphatic hydroxyl groups excluding tert-OH is 3. The first-order valence-electron chi connectivity index (χ1n) is 12.1. The van der Waals surface area contributed by atoms with Crippen LogP contribution in [-0.2, 0) is 4.57 Å². The molecule has 0 bridgehead atoms. The summed E-state index contributed by atoms with van der Waals surface area (Å²) in [6, 6.07) is -0.557. The lowest BCUT2D eigenvalue weighted by atomic mass is 10.0. The smallest absolute Gasteiger partial charge is 0.359 e. The Bertz CT molecular complexity index is 493. The molecule has 0 saturated heterocycles. The third kappa shape index (κ3) is 24.3. The Morgan fingerprint density at radius 1 is 0.875 bits per heavy atom. The van der Waals surface area contributed by atoms with Crippen LogP contribution in [0.2, 0.25) is 0 Å². The van der Waals surface area contributed by atoms with Crippen molar-refractivity contribution in [2.75, 3.05) is 34.3 Å². The van der Waals surface area contributed by atoms with Crippen molar-refractivity contribution in [1.29, 1.82) is 0 Å². The number of hydrogen-bond donors (Lipinski definition) is 6. The molecule has 0 aromatic heterocycles. The third-order valence-electron chi connectivity index (χ3n) is 5.06. The van der Waals surface area contributed by atoms with E-state index in [0.717, 1.165) is 6.42 Å². The lowest BCUT2D eigenvalue weighted by Crippen LogP contribution is -2.41. The number of unbranched alkanes of at least 4 members (excludes halogenated alkanes) is 11. The molecule has 0 aliphatic heterocycles. The first-order valence-corrected chi connectivity index (χ1v) is 13.8. The van der Waals surface area contributed by atoms with Crippen molar-refractivity contribution >= 4 is 7.60 Å². The van der Waals surface area contributed by atoms with Gasteiger partial charge in [-0.25, -0.2) is 0 Å². The third-order valence-corrected chi connectivity index (χ3v) is 6.00. The van der Waals surface area contributed by atoms with Gasteiger partial charge in [-0.05, 0) is 12.8 Å². The Balaban J connectivity index is 0. The van der Waals surface area contributed by atoms with Crippen molar-refractivity contribution < 1.29 is 34.2 Å². The minimum Gasteiger partial charge on any atom is -0.395 e. The summed E-state index contributed by atoms with van der Waals surface area (Å²) in [5, 5.41) is 27.3. The van der Waals surface area contributed by atoms with Gasteiger partial charge in [-0.3, -0.25) is 4.57 Å². The molecule has 32 heavy (non-hydrogen) atoms. The number of nitrogens with zero attached hydrogens (tertiary/aromatic N) is 1. The van der Waals surface area contributed by atoms with Crippen LogP contribution in [0.15, 0.2) is 12.2 Å². The topological polar surface area (TPSA) is 144 Å². The molecule has 9 heteroatoms. The maximum atomic E-state index is 10.4. The molecule has 0 rings (SSSR count). The van der Waals surface area contributed by atoms with Crippen LogP contribution in [0, 0.1) is 0 Å². The van der Waals surface area contributed by atoms with E-state index in [1.165, 1.54) is 70.6 Å². The Labute approximate surface area is 196 Å². The highest BCUT2D eigenvalue weighted by molar-refractivity contribution is 7.52. The van der Waals surface area contributed by atoms with Crippen molar-refractivity contribution in [3.63, 3.8) is 0 Å². The normalized spacial score (nSPS) is 15.3. The highest BCUT2D eigenvalue weighted by Gasteiger charge is 2.31. The summed E-state index contributed by atoms with van der Waals surface area (Å²) >= 11 is 0. The van der Waals surface area contributed by atoms with E-state index in [-0.39, 0.29) is 13.2 Å². The van der Waals surface area contributed by atoms with Crippen molar-refractivity contribution in [2.24, 2.45) is 5.73 Å². The SMILES string of the molecule is CCCCCCCCCCCCC/C=C/[C@@H](O)[C@@H](N)CO.C[N+](C)(C)CC(O)P(=O)(O)O. The standard InChI is InChI=1S/C18H37NO2.C5H14NO4P/c1-2-3-4-5-6-7-8-9-10-11-12-13-14-15-18(21)17(19)16-20;1-6(2,3)4-5(7)11(8,9)10/h14-15,17-18,20-21H,2-13,16,19H2,1H3;5,7H,4H2,1-3H3,(H-,8,9,10)/p+1/b15-14+;/t17-,18+;/m0./s1. The molecule has 0 aromatic carbocycles. The molecule has 0 spiro atoms. The molecule has 0 amide bonds. The van der Waals surface area contributed by atoms with Crippen LogP contribution in [0.5, 0.6) is 0 Å². The summed E-state index contributed by atoms with van der Waals surface area (Å²) in [7, 11) is 0.933. The van der Waals surface area contributed by atoms with Gasteiger partial charge in [0.15, 0.2) is 0 Å². The van der Waals surface area contributed by atoms with E-state index in [0.29, 0.717) is 4.48 Å². The fraction of sp³-hybridized carbons (Fsp3) is 0.913. The van der Waals surface area contributed by atoms with Crippen molar-refractivity contribution in [3.05, 3.63) is 12.2 Å². The van der Waals surface area contributed by atoms with Crippen molar-refractivity contribution in [1.82, 2.24) is 0 Å². The summed E-state index contributed by atoms with van der Waals surface area (Å²) in [5.41, 5.74) is 5.51. The maximum Gasteiger partial charge on any atom is 0.359 e. The van der Waals surface area contributed by atoms with Gasteiger partial charge in [0.2, 0.25) is 5.85 Å². The molecule has 0 heterocycles. The lowest BCUT2D eigenvalue weighted by Gasteiger charge is -2.26. The second-order valence-electron chi connectivity index (χ2n) is 9.63. The molecule has 3 atom stereocenters. The summed E-state index contributed by atoms with van der Waals surface area (Å²) in [5.74, 6) is -1.55. The summed E-state index contributed by atoms with van der Waals surface area (Å²) in [6.07, 6.45) is 18.8. The van der Waals surface area contributed by atoms with Gasteiger partial charge >= 0.3 is 7.60 Å². The molecule has 0 aliphatic carbocycles. The summed E-state index contributed by atoms with van der Waals surface area (Å²) < 4.78 is 10.8. The van der Waals surface area contributed by atoms with Crippen LogP contribution < -0.4 is 5.73 Å². The Hall–Kier alpha value is -0.310. The van der Waals surface area contributed by atoms with E-state index in [1.54, 1.807) is 27.2 Å². The minimum atomic E-state index is -4.31. The molecular weight excluding hydrogens is 431 g/mol. The summed E-state index contributed by atoms with van der Waals surface area (Å²) in [6.45, 7) is 2.13. The molecule has 1 unspecified atom stereocenters. The molecule has 0 radical (unpaired) electrons. The molecule has 194 valence electrons. The fourth-order valence-corrected chi connectivity index (χ4v) is 3.71. The molecule has 0 saturated carbocycles. The van der Waals surface area contributed by atoms with E-state index in [2.05, 4.69) is 6.92 Å². The number of rotatable bonds is 18. The molecule has 0 aliphatic rings. The van der Waals surface area contributed by atoms with E-state index in [4.69, 9.17) is 25.7 Å². The fourth-order valence-electron chi connectivity index (χ4n) is 3.01. The Morgan fingerprint density at radius 2 is 1.31 bits per heavy atom. The van der Waals surface area contributed by atoms with E-state index < -0.39 is 25.6 Å². The van der Waals surface area contributed by atoms with Gasteiger partial charge in [0, 0.05) is 0 Å². The maximum absolute atomic E-state index is 10.4. The van der Waals surface area contributed by atoms with Gasteiger partial charge in [0.05, 0.1) is 39.9 Å². The van der Waals surface area contributed by atoms with Crippen LogP contribution in [0.3, 0.4) is 0 Å². The van der Waals surface area contributed by atoms with Gasteiger partial charge in [-0.15, -0.1) is 0 Å². The van der Waals surface area contributed by atoms with Crippen LogP contribution in [0.1, 0.15) is 84.0 Å². The number of nitrogens with two attached hydrogens (primary N) is 1. The quantitative estimate of drug-likeness (QED) is 0.0760. The molecule has 0 aromatic rings. The molecular formula is C23H52N2O6P+. The zero-order chi connectivity index (χ0) is 25.0. The first kappa shape index (κ1) is 33.9. The first-order chi connectivity index (χ1) is 14.8. The minimum absolute atomic E-state index is 0.0459. The van der Waals surface area contributed by atoms with Gasteiger partial charge in [-0.1, -0.05) is 83.3 Å². The van der Waals surface area contributed by atoms with E-state index in [9.17, 15) is 9.67 Å². The molecule has 8 nitrogen and oxygen atoms in total. The highest BCUT2D eigenvalue weighted by Crippen LogP contribution is 2.39. The monoisotopic (exact) mass is 483 g/mol. The second-order valence-corrected chi connectivity index (χ2v) is 11.4. The van der Waals surface area contributed by atoms with Crippen molar-refractivity contribution in [2.45, 2.75) is 102 Å².